The van der Waals surface area contributed by atoms with Crippen molar-refractivity contribution in [2.75, 3.05) is 18.0 Å². The minimum atomic E-state index is -0.405. The molecule has 2 unspecified atom stereocenters. The lowest BCUT2D eigenvalue weighted by Gasteiger charge is -2.21. The van der Waals surface area contributed by atoms with Gasteiger partial charge in [-0.25, -0.2) is 4.39 Å². The van der Waals surface area contributed by atoms with Gasteiger partial charge >= 0.3 is 0 Å². The zero-order valence-electron chi connectivity index (χ0n) is 11.1. The van der Waals surface area contributed by atoms with Gasteiger partial charge in [0.05, 0.1) is 11.3 Å². The molecule has 0 aromatic heterocycles. The van der Waals surface area contributed by atoms with E-state index in [1.54, 1.807) is 6.07 Å². The van der Waals surface area contributed by atoms with Crippen molar-refractivity contribution in [1.82, 2.24) is 0 Å². The second-order valence-electron chi connectivity index (χ2n) is 5.56. The Morgan fingerprint density at radius 1 is 1.21 bits per heavy atom. The van der Waals surface area contributed by atoms with Gasteiger partial charge in [0.25, 0.3) is 0 Å². The van der Waals surface area contributed by atoms with Crippen molar-refractivity contribution in [1.29, 1.82) is 0 Å². The lowest BCUT2D eigenvalue weighted by Crippen LogP contribution is -2.22. The number of anilines is 1. The topological polar surface area (TPSA) is 20.3 Å². The van der Waals surface area contributed by atoms with Gasteiger partial charge in [-0.15, -0.1) is 0 Å². The summed E-state index contributed by atoms with van der Waals surface area (Å²) >= 11 is 0. The quantitative estimate of drug-likeness (QED) is 0.599. The Bertz CT molecular complexity index is 522. The molecule has 1 heterocycles. The first-order chi connectivity index (χ1) is 9.16. The Kier molecular flexibility index (Phi) is 3.13. The van der Waals surface area contributed by atoms with Gasteiger partial charge in [-0.1, -0.05) is 18.2 Å². The van der Waals surface area contributed by atoms with Crippen molar-refractivity contribution in [2.24, 2.45) is 11.8 Å². The number of fused-ring (bicyclic) bond motifs is 1. The molecule has 0 amide bonds. The Labute approximate surface area is 112 Å². The molecule has 0 N–H and O–H groups in total. The highest BCUT2D eigenvalue weighted by molar-refractivity contribution is 6.00. The molecule has 0 spiro atoms. The number of hydrogen-bond acceptors (Lipinski definition) is 2. The van der Waals surface area contributed by atoms with Crippen LogP contribution in [0.1, 0.15) is 30.1 Å². The van der Waals surface area contributed by atoms with Gasteiger partial charge in [0, 0.05) is 13.1 Å². The highest BCUT2D eigenvalue weighted by Crippen LogP contribution is 2.37. The predicted molar refractivity (Wildman–Crippen MR) is 74.0 cm³/mol. The highest BCUT2D eigenvalue weighted by Gasteiger charge is 2.34. The number of hydrogen-bond donors (Lipinski definition) is 0. The largest absolute Gasteiger partial charge is 0.370 e. The van der Waals surface area contributed by atoms with Crippen LogP contribution in [0.25, 0.3) is 0 Å². The van der Waals surface area contributed by atoms with Crippen molar-refractivity contribution in [3.8, 4) is 0 Å². The number of allylic oxidation sites excluding steroid dienone is 2. The van der Waals surface area contributed by atoms with Crippen LogP contribution in [-0.4, -0.2) is 18.9 Å². The Balaban J connectivity index is 1.92. The van der Waals surface area contributed by atoms with Crippen LogP contribution < -0.4 is 4.90 Å². The number of benzene rings is 1. The van der Waals surface area contributed by atoms with Crippen molar-refractivity contribution >= 4 is 11.5 Å². The average molecular weight is 259 g/mol. The van der Waals surface area contributed by atoms with Crippen LogP contribution in [0.5, 0.6) is 0 Å². The molecule has 1 aliphatic carbocycles. The standard InChI is InChI=1S/C16H18FNO/c1-11(19)16-14(17)7-4-8-15(16)18-9-12-5-2-3-6-13(12)10-18/h2-4,7-8,12-13H,5-6,9-10H2,1H3. The maximum Gasteiger partial charge on any atom is 0.164 e. The first-order valence-corrected chi connectivity index (χ1v) is 6.86. The molecule has 19 heavy (non-hydrogen) atoms. The van der Waals surface area contributed by atoms with Crippen LogP contribution in [0.4, 0.5) is 10.1 Å². The second-order valence-corrected chi connectivity index (χ2v) is 5.56. The van der Waals surface area contributed by atoms with Crippen LogP contribution in [-0.2, 0) is 0 Å². The first-order valence-electron chi connectivity index (χ1n) is 6.86. The van der Waals surface area contributed by atoms with Gasteiger partial charge in [0.1, 0.15) is 5.82 Å². The van der Waals surface area contributed by atoms with E-state index in [0.29, 0.717) is 11.8 Å². The third kappa shape index (κ3) is 2.18. The van der Waals surface area contributed by atoms with Crippen molar-refractivity contribution in [3.63, 3.8) is 0 Å². The first kappa shape index (κ1) is 12.4. The summed E-state index contributed by atoms with van der Waals surface area (Å²) < 4.78 is 13.9. The van der Waals surface area contributed by atoms with Gasteiger partial charge in [0.2, 0.25) is 0 Å². The van der Waals surface area contributed by atoms with Gasteiger partial charge < -0.3 is 4.90 Å². The molecular weight excluding hydrogens is 241 g/mol. The maximum atomic E-state index is 13.9. The van der Waals surface area contributed by atoms with Crippen LogP contribution in [0.15, 0.2) is 30.4 Å². The van der Waals surface area contributed by atoms with Gasteiger partial charge in [-0.05, 0) is 43.7 Å². The fraction of sp³-hybridized carbons (Fsp3) is 0.438. The summed E-state index contributed by atoms with van der Waals surface area (Å²) in [5.74, 6) is 0.695. The molecule has 2 aliphatic rings. The summed E-state index contributed by atoms with van der Waals surface area (Å²) in [5, 5.41) is 0. The molecule has 1 aromatic rings. The van der Waals surface area contributed by atoms with E-state index in [1.165, 1.54) is 13.0 Å². The van der Waals surface area contributed by atoms with E-state index in [9.17, 15) is 9.18 Å². The molecule has 3 rings (SSSR count). The zero-order chi connectivity index (χ0) is 13.4. The van der Waals surface area contributed by atoms with Crippen LogP contribution in [0, 0.1) is 17.7 Å². The van der Waals surface area contributed by atoms with Gasteiger partial charge in [0.15, 0.2) is 5.78 Å². The molecule has 1 aliphatic heterocycles. The number of carbonyl (C=O) groups excluding carboxylic acids is 1. The molecule has 100 valence electrons. The van der Waals surface area contributed by atoms with Crippen LogP contribution in [0.3, 0.4) is 0 Å². The number of ketones is 1. The normalized spacial score (nSPS) is 25.5. The van der Waals surface area contributed by atoms with Crippen LogP contribution >= 0.6 is 0 Å². The molecular formula is C16H18FNO. The van der Waals surface area contributed by atoms with Crippen molar-refractivity contribution < 1.29 is 9.18 Å². The van der Waals surface area contributed by atoms with Gasteiger partial charge in [-0.2, -0.15) is 0 Å². The van der Waals surface area contributed by atoms with E-state index in [-0.39, 0.29) is 11.3 Å². The number of Topliss-reactive ketones (excluding diaryl/α,β-unsaturated/α-hetero) is 1. The average Bonchev–Trinajstić information content (AvgIpc) is 2.81. The van der Waals surface area contributed by atoms with E-state index >= 15 is 0 Å². The molecule has 0 radical (unpaired) electrons. The Morgan fingerprint density at radius 2 is 1.84 bits per heavy atom. The van der Waals surface area contributed by atoms with Crippen molar-refractivity contribution in [3.05, 3.63) is 41.7 Å². The smallest absolute Gasteiger partial charge is 0.164 e. The number of rotatable bonds is 2. The summed E-state index contributed by atoms with van der Waals surface area (Å²) in [6.45, 7) is 3.30. The van der Waals surface area contributed by atoms with E-state index in [4.69, 9.17) is 0 Å². The van der Waals surface area contributed by atoms with E-state index in [1.807, 2.05) is 6.07 Å². The summed E-state index contributed by atoms with van der Waals surface area (Å²) in [7, 11) is 0. The SMILES string of the molecule is CC(=O)c1c(F)cccc1N1CC2CC=CCC2C1. The minimum Gasteiger partial charge on any atom is -0.370 e. The third-order valence-electron chi connectivity index (χ3n) is 4.31. The minimum absolute atomic E-state index is 0.193. The van der Waals surface area contributed by atoms with Gasteiger partial charge in [-0.3, -0.25) is 4.79 Å². The molecule has 1 fully saturated rings. The van der Waals surface area contributed by atoms with E-state index in [2.05, 4.69) is 17.1 Å². The van der Waals surface area contributed by atoms with E-state index < -0.39 is 5.82 Å². The number of carbonyl (C=O) groups is 1. The molecule has 3 heteroatoms. The molecule has 0 bridgehead atoms. The lowest BCUT2D eigenvalue weighted by atomic mass is 9.86. The highest BCUT2D eigenvalue weighted by atomic mass is 19.1. The number of halogens is 1. The van der Waals surface area contributed by atoms with Crippen molar-refractivity contribution in [2.45, 2.75) is 19.8 Å². The zero-order valence-corrected chi connectivity index (χ0v) is 11.1. The summed E-state index contributed by atoms with van der Waals surface area (Å²) in [6.07, 6.45) is 6.68. The predicted octanol–water partition coefficient (Wildman–Crippen LogP) is 3.43. The summed E-state index contributed by atoms with van der Waals surface area (Å²) in [5.41, 5.74) is 1.01. The Hall–Kier alpha value is -1.64. The number of nitrogens with zero attached hydrogens (tertiary/aromatic N) is 1. The molecule has 2 nitrogen and oxygen atoms in total. The van der Waals surface area contributed by atoms with E-state index in [0.717, 1.165) is 31.6 Å². The monoisotopic (exact) mass is 259 g/mol. The lowest BCUT2D eigenvalue weighted by molar-refractivity contribution is 0.101. The maximum absolute atomic E-state index is 13.9. The fourth-order valence-corrected chi connectivity index (χ4v) is 3.34. The summed E-state index contributed by atoms with van der Waals surface area (Å²) in [4.78, 5) is 13.9. The summed E-state index contributed by atoms with van der Waals surface area (Å²) in [6, 6.07) is 4.92. The Morgan fingerprint density at radius 3 is 2.42 bits per heavy atom. The van der Waals surface area contributed by atoms with Crippen LogP contribution in [0.2, 0.25) is 0 Å². The fourth-order valence-electron chi connectivity index (χ4n) is 3.34. The molecule has 1 saturated heterocycles. The third-order valence-corrected chi connectivity index (χ3v) is 4.31. The molecule has 0 saturated carbocycles. The molecule has 2 atom stereocenters. The second kappa shape index (κ2) is 4.80. The molecule has 1 aromatic carbocycles.